The average molecular weight is 433 g/mol. The number of amides is 1. The maximum absolute atomic E-state index is 12.5. The Labute approximate surface area is 180 Å². The van der Waals surface area contributed by atoms with E-state index in [2.05, 4.69) is 10.3 Å². The van der Waals surface area contributed by atoms with Crippen LogP contribution < -0.4 is 5.32 Å². The summed E-state index contributed by atoms with van der Waals surface area (Å²) in [4.78, 5) is 30.1. The summed E-state index contributed by atoms with van der Waals surface area (Å²) in [5.41, 5.74) is 1.49. The highest BCUT2D eigenvalue weighted by Crippen LogP contribution is 2.27. The van der Waals surface area contributed by atoms with Crippen molar-refractivity contribution in [2.75, 3.05) is 6.61 Å². The number of aromatic nitrogens is 1. The number of ether oxygens (including phenoxy) is 1. The van der Waals surface area contributed by atoms with Crippen LogP contribution in [0.1, 0.15) is 66.0 Å². The van der Waals surface area contributed by atoms with Gasteiger partial charge in [0.15, 0.2) is 6.61 Å². The molecule has 0 saturated heterocycles. The van der Waals surface area contributed by atoms with Gasteiger partial charge in [0.25, 0.3) is 5.91 Å². The first-order valence-corrected chi connectivity index (χ1v) is 12.1. The summed E-state index contributed by atoms with van der Waals surface area (Å²) in [5, 5.41) is 6.09. The Morgan fingerprint density at radius 3 is 2.62 bits per heavy atom. The van der Waals surface area contributed by atoms with Gasteiger partial charge in [0.2, 0.25) is 0 Å². The molecular weight excluding hydrogens is 404 g/mol. The Morgan fingerprint density at radius 1 is 1.17 bits per heavy atom. The van der Waals surface area contributed by atoms with Crippen LogP contribution in [0.4, 0.5) is 0 Å². The summed E-state index contributed by atoms with van der Waals surface area (Å²) in [6.07, 6.45) is 8.07. The number of thioether (sulfide) groups is 1. The maximum atomic E-state index is 12.5. The minimum atomic E-state index is -0.463. The van der Waals surface area contributed by atoms with Gasteiger partial charge in [0.05, 0.1) is 16.3 Å². The van der Waals surface area contributed by atoms with Crippen molar-refractivity contribution in [1.29, 1.82) is 0 Å². The fourth-order valence-electron chi connectivity index (χ4n) is 3.47. The number of hydrogen-bond acceptors (Lipinski definition) is 6. The van der Waals surface area contributed by atoms with Gasteiger partial charge in [0.1, 0.15) is 0 Å². The van der Waals surface area contributed by atoms with Crippen molar-refractivity contribution >= 4 is 35.0 Å². The summed E-state index contributed by atoms with van der Waals surface area (Å²) < 4.78 is 5.31. The number of nitrogens with one attached hydrogen (secondary N) is 1. The predicted octanol–water partition coefficient (Wildman–Crippen LogP) is 5.13. The van der Waals surface area contributed by atoms with Crippen LogP contribution in [0.15, 0.2) is 34.5 Å². The van der Waals surface area contributed by atoms with E-state index in [0.29, 0.717) is 11.3 Å². The molecule has 3 rings (SSSR count). The summed E-state index contributed by atoms with van der Waals surface area (Å²) in [5.74, 6) is 0.0129. The van der Waals surface area contributed by atoms with E-state index in [9.17, 15) is 9.59 Å². The molecule has 1 amide bonds. The van der Waals surface area contributed by atoms with E-state index >= 15 is 0 Å². The predicted molar refractivity (Wildman–Crippen MR) is 117 cm³/mol. The number of carbonyl (C=O) groups excluding carboxylic acids is 2. The molecule has 1 aromatic carbocycles. The van der Waals surface area contributed by atoms with Crippen molar-refractivity contribution in [2.24, 2.45) is 0 Å². The van der Waals surface area contributed by atoms with Crippen LogP contribution in [0.5, 0.6) is 0 Å². The van der Waals surface area contributed by atoms with Crippen molar-refractivity contribution in [3.05, 3.63) is 45.9 Å². The molecular formula is C22H28N2O3S2. The van der Waals surface area contributed by atoms with E-state index in [0.717, 1.165) is 41.3 Å². The van der Waals surface area contributed by atoms with E-state index in [1.54, 1.807) is 29.2 Å². The van der Waals surface area contributed by atoms with Gasteiger partial charge in [-0.05, 0) is 31.9 Å². The van der Waals surface area contributed by atoms with Gasteiger partial charge in [-0.15, -0.1) is 23.1 Å². The number of hydrogen-bond donors (Lipinski definition) is 1. The number of aryl methyl sites for hydroxylation is 1. The van der Waals surface area contributed by atoms with Gasteiger partial charge >= 0.3 is 5.97 Å². The molecule has 0 aliphatic heterocycles. The second-order valence-corrected chi connectivity index (χ2v) is 9.41. The first-order valence-electron chi connectivity index (χ1n) is 10.2. The number of esters is 1. The molecule has 1 fully saturated rings. The average Bonchev–Trinajstić information content (AvgIpc) is 3.12. The number of rotatable bonds is 7. The lowest BCUT2D eigenvalue weighted by molar-refractivity contribution is -0.125. The number of nitrogens with zero attached hydrogens (tertiary/aromatic N) is 1. The van der Waals surface area contributed by atoms with Gasteiger partial charge in [0, 0.05) is 22.1 Å². The van der Waals surface area contributed by atoms with Crippen LogP contribution in [0.25, 0.3) is 0 Å². The molecule has 1 aromatic heterocycles. The van der Waals surface area contributed by atoms with Crippen LogP contribution in [-0.2, 0) is 15.3 Å². The lowest BCUT2D eigenvalue weighted by Crippen LogP contribution is -2.38. The molecule has 7 heteroatoms. The molecule has 0 bridgehead atoms. The van der Waals surface area contributed by atoms with Crippen molar-refractivity contribution in [1.82, 2.24) is 10.3 Å². The third kappa shape index (κ3) is 7.16. The van der Waals surface area contributed by atoms with Gasteiger partial charge in [-0.1, -0.05) is 44.2 Å². The minimum Gasteiger partial charge on any atom is -0.452 e. The topological polar surface area (TPSA) is 68.3 Å². The van der Waals surface area contributed by atoms with Crippen LogP contribution in [0.2, 0.25) is 0 Å². The van der Waals surface area contributed by atoms with Gasteiger partial charge in [-0.2, -0.15) is 0 Å². The molecule has 0 atom stereocenters. The largest absolute Gasteiger partial charge is 0.452 e. The molecule has 1 N–H and O–H groups in total. The Morgan fingerprint density at radius 2 is 1.90 bits per heavy atom. The van der Waals surface area contributed by atoms with E-state index in [1.165, 1.54) is 19.3 Å². The Hall–Kier alpha value is -1.86. The summed E-state index contributed by atoms with van der Waals surface area (Å²) >= 11 is 3.17. The zero-order valence-corrected chi connectivity index (χ0v) is 18.4. The number of carbonyl (C=O) groups is 2. The maximum Gasteiger partial charge on any atom is 0.339 e. The molecule has 0 radical (unpaired) electrons. The quantitative estimate of drug-likeness (QED) is 0.485. The van der Waals surface area contributed by atoms with E-state index < -0.39 is 5.97 Å². The molecule has 1 aliphatic carbocycles. The number of benzene rings is 1. The molecule has 1 aliphatic rings. The standard InChI is InChI=1S/C22H28N2O3S2/c1-16-23-18(14-28-16)15-29-20-12-8-7-11-19(20)22(26)27-13-21(25)24-17-9-5-3-2-4-6-10-17/h7-8,11-12,14,17H,2-6,9-10,13,15H2,1H3,(H,24,25). The fraction of sp³-hybridized carbons (Fsp3) is 0.500. The lowest BCUT2D eigenvalue weighted by atomic mass is 9.97. The smallest absolute Gasteiger partial charge is 0.339 e. The second-order valence-electron chi connectivity index (χ2n) is 7.33. The van der Waals surface area contributed by atoms with Crippen molar-refractivity contribution < 1.29 is 14.3 Å². The Kier molecular flexibility index (Phi) is 8.55. The van der Waals surface area contributed by atoms with Crippen LogP contribution in [0.3, 0.4) is 0 Å². The summed E-state index contributed by atoms with van der Waals surface area (Å²) in [6, 6.07) is 7.54. The normalized spacial score (nSPS) is 15.3. The zero-order chi connectivity index (χ0) is 20.5. The van der Waals surface area contributed by atoms with Crippen LogP contribution >= 0.6 is 23.1 Å². The first kappa shape index (κ1) is 21.8. The molecule has 156 valence electrons. The fourth-order valence-corrected chi connectivity index (χ4v) is 5.12. The molecule has 29 heavy (non-hydrogen) atoms. The molecule has 0 spiro atoms. The molecule has 2 aromatic rings. The highest BCUT2D eigenvalue weighted by atomic mass is 32.2. The minimum absolute atomic E-state index is 0.200. The van der Waals surface area contributed by atoms with Gasteiger partial charge < -0.3 is 10.1 Å². The molecule has 1 saturated carbocycles. The highest BCUT2D eigenvalue weighted by molar-refractivity contribution is 7.98. The second kappa shape index (κ2) is 11.4. The zero-order valence-electron chi connectivity index (χ0n) is 16.8. The first-order chi connectivity index (χ1) is 14.1. The van der Waals surface area contributed by atoms with Crippen molar-refractivity contribution in [2.45, 2.75) is 68.6 Å². The van der Waals surface area contributed by atoms with Crippen LogP contribution in [0, 0.1) is 6.92 Å². The number of thiazole rings is 1. The summed E-state index contributed by atoms with van der Waals surface area (Å²) in [6.45, 7) is 1.74. The third-order valence-corrected chi connectivity index (χ3v) is 6.88. The van der Waals surface area contributed by atoms with Crippen molar-refractivity contribution in [3.63, 3.8) is 0 Å². The highest BCUT2D eigenvalue weighted by Gasteiger charge is 2.17. The van der Waals surface area contributed by atoms with E-state index in [1.807, 2.05) is 30.5 Å². The van der Waals surface area contributed by atoms with Gasteiger partial charge in [-0.3, -0.25) is 4.79 Å². The van der Waals surface area contributed by atoms with Crippen LogP contribution in [-0.4, -0.2) is 29.5 Å². The van der Waals surface area contributed by atoms with Gasteiger partial charge in [-0.25, -0.2) is 9.78 Å². The monoisotopic (exact) mass is 432 g/mol. The SMILES string of the molecule is Cc1nc(CSc2ccccc2C(=O)OCC(=O)NC2CCCCCCC2)cs1. The summed E-state index contributed by atoms with van der Waals surface area (Å²) in [7, 11) is 0. The van der Waals surface area contributed by atoms with E-state index in [4.69, 9.17) is 4.74 Å². The Bertz CT molecular complexity index is 814. The molecule has 0 unspecified atom stereocenters. The van der Waals surface area contributed by atoms with Crippen molar-refractivity contribution in [3.8, 4) is 0 Å². The molecule has 5 nitrogen and oxygen atoms in total. The third-order valence-electron chi connectivity index (χ3n) is 4.95. The Balaban J connectivity index is 1.50. The lowest BCUT2D eigenvalue weighted by Gasteiger charge is -2.21. The van der Waals surface area contributed by atoms with E-state index in [-0.39, 0.29) is 18.6 Å². The molecule has 1 heterocycles.